The maximum absolute atomic E-state index is 11.5. The second-order valence-corrected chi connectivity index (χ2v) is 4.26. The molecule has 6 heteroatoms. The average molecular weight is 286 g/mol. The summed E-state index contributed by atoms with van der Waals surface area (Å²) < 4.78 is 5.56. The third kappa shape index (κ3) is 4.94. The molecule has 0 saturated carbocycles. The van der Waals surface area contributed by atoms with E-state index in [0.717, 1.165) is 0 Å². The summed E-state index contributed by atoms with van der Waals surface area (Å²) >= 11 is 0. The highest BCUT2D eigenvalue weighted by atomic mass is 16.5. The first-order chi connectivity index (χ1) is 10.1. The summed E-state index contributed by atoms with van der Waals surface area (Å²) in [5, 5.41) is 11.1. The molecule has 0 atom stereocenters. The SMILES string of the molecule is O=C(O)CCC(=O)Nc1ccc(Oc2cccnc2)cc1. The third-order valence-corrected chi connectivity index (χ3v) is 2.57. The fourth-order valence-electron chi connectivity index (χ4n) is 1.59. The Kier molecular flexibility index (Phi) is 4.87. The number of carboxylic acids is 1. The van der Waals surface area contributed by atoms with Crippen molar-refractivity contribution in [3.63, 3.8) is 0 Å². The molecule has 6 nitrogen and oxygen atoms in total. The maximum Gasteiger partial charge on any atom is 0.303 e. The topological polar surface area (TPSA) is 88.5 Å². The molecule has 2 N–H and O–H groups in total. The van der Waals surface area contributed by atoms with E-state index in [9.17, 15) is 9.59 Å². The van der Waals surface area contributed by atoms with Crippen molar-refractivity contribution in [2.45, 2.75) is 12.8 Å². The zero-order valence-corrected chi connectivity index (χ0v) is 11.2. The van der Waals surface area contributed by atoms with Gasteiger partial charge in [-0.05, 0) is 36.4 Å². The number of aliphatic carboxylic acids is 1. The molecule has 1 aromatic carbocycles. The van der Waals surface area contributed by atoms with Gasteiger partial charge in [0.15, 0.2) is 0 Å². The largest absolute Gasteiger partial charge is 0.481 e. The molecule has 21 heavy (non-hydrogen) atoms. The summed E-state index contributed by atoms with van der Waals surface area (Å²) in [6.07, 6.45) is 3.02. The quantitative estimate of drug-likeness (QED) is 0.852. The highest BCUT2D eigenvalue weighted by Gasteiger charge is 2.06. The molecule has 0 radical (unpaired) electrons. The van der Waals surface area contributed by atoms with Gasteiger partial charge < -0.3 is 15.2 Å². The van der Waals surface area contributed by atoms with Crippen molar-refractivity contribution in [3.05, 3.63) is 48.8 Å². The van der Waals surface area contributed by atoms with E-state index in [1.54, 1.807) is 48.8 Å². The summed E-state index contributed by atoms with van der Waals surface area (Å²) in [5.74, 6) is -0.0917. The van der Waals surface area contributed by atoms with Crippen molar-refractivity contribution in [3.8, 4) is 11.5 Å². The van der Waals surface area contributed by atoms with E-state index < -0.39 is 5.97 Å². The van der Waals surface area contributed by atoms with E-state index in [1.165, 1.54) is 0 Å². The predicted octanol–water partition coefficient (Wildman–Crippen LogP) is 2.68. The zero-order chi connectivity index (χ0) is 15.1. The first-order valence-electron chi connectivity index (χ1n) is 6.33. The lowest BCUT2D eigenvalue weighted by molar-refractivity contribution is -0.138. The lowest BCUT2D eigenvalue weighted by Gasteiger charge is -2.07. The third-order valence-electron chi connectivity index (χ3n) is 2.57. The second kappa shape index (κ2) is 7.04. The van der Waals surface area contributed by atoms with Crippen LogP contribution in [0.5, 0.6) is 11.5 Å². The van der Waals surface area contributed by atoms with Gasteiger partial charge in [0.25, 0.3) is 0 Å². The number of carbonyl (C=O) groups is 2. The van der Waals surface area contributed by atoms with Crippen molar-refractivity contribution in [2.24, 2.45) is 0 Å². The number of aromatic nitrogens is 1. The minimum Gasteiger partial charge on any atom is -0.481 e. The summed E-state index contributed by atoms with van der Waals surface area (Å²) in [4.78, 5) is 25.8. The Morgan fingerprint density at radius 3 is 2.48 bits per heavy atom. The van der Waals surface area contributed by atoms with Crippen LogP contribution in [-0.2, 0) is 9.59 Å². The Hall–Kier alpha value is -2.89. The molecule has 1 amide bonds. The maximum atomic E-state index is 11.5. The van der Waals surface area contributed by atoms with Gasteiger partial charge in [0, 0.05) is 18.3 Å². The predicted molar refractivity (Wildman–Crippen MR) is 76.3 cm³/mol. The highest BCUT2D eigenvalue weighted by molar-refractivity contribution is 5.92. The molecule has 1 aromatic heterocycles. The summed E-state index contributed by atoms with van der Waals surface area (Å²) in [6.45, 7) is 0. The van der Waals surface area contributed by atoms with Crippen LogP contribution in [0, 0.1) is 0 Å². The van der Waals surface area contributed by atoms with Crippen molar-refractivity contribution >= 4 is 17.6 Å². The molecule has 0 aliphatic rings. The number of hydrogen-bond acceptors (Lipinski definition) is 4. The number of nitrogens with one attached hydrogen (secondary N) is 1. The van der Waals surface area contributed by atoms with Crippen LogP contribution in [0.15, 0.2) is 48.8 Å². The standard InChI is InChI=1S/C15H14N2O4/c18-14(7-8-15(19)20)17-11-3-5-12(6-4-11)21-13-2-1-9-16-10-13/h1-6,9-10H,7-8H2,(H,17,18)(H,19,20). The number of hydrogen-bond donors (Lipinski definition) is 2. The summed E-state index contributed by atoms with van der Waals surface area (Å²) in [6, 6.07) is 10.3. The smallest absolute Gasteiger partial charge is 0.303 e. The first kappa shape index (κ1) is 14.5. The van der Waals surface area contributed by atoms with Crippen LogP contribution in [0.4, 0.5) is 5.69 Å². The molecule has 108 valence electrons. The van der Waals surface area contributed by atoms with Crippen molar-refractivity contribution in [1.82, 2.24) is 4.98 Å². The molecule has 0 aliphatic carbocycles. The summed E-state index contributed by atoms with van der Waals surface area (Å²) in [7, 11) is 0. The number of ether oxygens (including phenoxy) is 1. The number of nitrogens with zero attached hydrogens (tertiary/aromatic N) is 1. The highest BCUT2D eigenvalue weighted by Crippen LogP contribution is 2.22. The Morgan fingerprint density at radius 1 is 1.10 bits per heavy atom. The Labute approximate surface area is 121 Å². The average Bonchev–Trinajstić information content (AvgIpc) is 2.48. The van der Waals surface area contributed by atoms with Crippen molar-refractivity contribution in [2.75, 3.05) is 5.32 Å². The number of amides is 1. The minimum absolute atomic E-state index is 0.0523. The Balaban J connectivity index is 1.90. The molecule has 0 bridgehead atoms. The van der Waals surface area contributed by atoms with Gasteiger partial charge >= 0.3 is 5.97 Å². The Morgan fingerprint density at radius 2 is 1.86 bits per heavy atom. The van der Waals surface area contributed by atoms with Gasteiger partial charge in [-0.25, -0.2) is 0 Å². The number of rotatable bonds is 6. The number of benzene rings is 1. The molecule has 0 unspecified atom stereocenters. The van der Waals surface area contributed by atoms with Crippen LogP contribution in [0.1, 0.15) is 12.8 Å². The molecular weight excluding hydrogens is 272 g/mol. The van der Waals surface area contributed by atoms with Gasteiger partial charge in [-0.3, -0.25) is 14.6 Å². The first-order valence-corrected chi connectivity index (χ1v) is 6.33. The molecular formula is C15H14N2O4. The second-order valence-electron chi connectivity index (χ2n) is 4.26. The van der Waals surface area contributed by atoms with E-state index in [0.29, 0.717) is 17.2 Å². The van der Waals surface area contributed by atoms with Gasteiger partial charge in [-0.15, -0.1) is 0 Å². The molecule has 0 spiro atoms. The van der Waals surface area contributed by atoms with E-state index in [-0.39, 0.29) is 18.7 Å². The molecule has 2 aromatic rings. The Bertz CT molecular complexity index is 611. The lowest BCUT2D eigenvalue weighted by Crippen LogP contribution is -2.12. The van der Waals surface area contributed by atoms with Gasteiger partial charge in [0.2, 0.25) is 5.91 Å². The molecule has 2 rings (SSSR count). The van der Waals surface area contributed by atoms with Gasteiger partial charge in [-0.2, -0.15) is 0 Å². The van der Waals surface area contributed by atoms with Crippen molar-refractivity contribution in [1.29, 1.82) is 0 Å². The fourth-order valence-corrected chi connectivity index (χ4v) is 1.59. The number of anilines is 1. The lowest BCUT2D eigenvalue weighted by atomic mass is 10.2. The molecule has 0 fully saturated rings. The molecule has 1 heterocycles. The van der Waals surface area contributed by atoms with Gasteiger partial charge in [-0.1, -0.05) is 0 Å². The van der Waals surface area contributed by atoms with Crippen LogP contribution in [0.3, 0.4) is 0 Å². The van der Waals surface area contributed by atoms with Crippen LogP contribution >= 0.6 is 0 Å². The van der Waals surface area contributed by atoms with E-state index in [2.05, 4.69) is 10.3 Å². The van der Waals surface area contributed by atoms with Crippen LogP contribution in [-0.4, -0.2) is 22.0 Å². The van der Waals surface area contributed by atoms with E-state index >= 15 is 0 Å². The van der Waals surface area contributed by atoms with Gasteiger partial charge in [0.05, 0.1) is 12.6 Å². The number of carboxylic acid groups (broad SMARTS) is 1. The normalized spacial score (nSPS) is 9.90. The molecule has 0 saturated heterocycles. The van der Waals surface area contributed by atoms with Crippen LogP contribution in [0.2, 0.25) is 0 Å². The molecule has 0 aliphatic heterocycles. The van der Waals surface area contributed by atoms with Crippen molar-refractivity contribution < 1.29 is 19.4 Å². The summed E-state index contributed by atoms with van der Waals surface area (Å²) in [5.41, 5.74) is 0.587. The van der Waals surface area contributed by atoms with Gasteiger partial charge in [0.1, 0.15) is 11.5 Å². The minimum atomic E-state index is -0.995. The monoisotopic (exact) mass is 286 g/mol. The van der Waals surface area contributed by atoms with E-state index in [4.69, 9.17) is 9.84 Å². The number of carbonyl (C=O) groups excluding carboxylic acids is 1. The van der Waals surface area contributed by atoms with Crippen LogP contribution in [0.25, 0.3) is 0 Å². The van der Waals surface area contributed by atoms with E-state index in [1.807, 2.05) is 0 Å². The fraction of sp³-hybridized carbons (Fsp3) is 0.133. The number of pyridine rings is 1. The zero-order valence-electron chi connectivity index (χ0n) is 11.2. The van der Waals surface area contributed by atoms with Crippen LogP contribution < -0.4 is 10.1 Å².